The van der Waals surface area contributed by atoms with E-state index in [0.29, 0.717) is 22.5 Å². The van der Waals surface area contributed by atoms with Crippen molar-refractivity contribution in [1.29, 1.82) is 10.5 Å². The van der Waals surface area contributed by atoms with Crippen LogP contribution in [-0.4, -0.2) is 16.4 Å². The van der Waals surface area contributed by atoms with E-state index in [0.717, 1.165) is 66.3 Å². The Hall–Kier alpha value is -8.32. The summed E-state index contributed by atoms with van der Waals surface area (Å²) < 4.78 is 2.06. The molecular formula is C52H30N4O2. The van der Waals surface area contributed by atoms with Gasteiger partial charge in [0.2, 0.25) is 0 Å². The highest BCUT2D eigenvalue weighted by Crippen LogP contribution is 2.47. The summed E-state index contributed by atoms with van der Waals surface area (Å²) in [6.07, 6.45) is 0. The number of nitrogens with zero attached hydrogens (tertiary/aromatic N) is 4. The second-order valence-corrected chi connectivity index (χ2v) is 14.1. The monoisotopic (exact) mass is 742 g/mol. The highest BCUT2D eigenvalue weighted by Gasteiger charge is 2.41. The molecule has 0 atom stereocenters. The number of anilines is 1. The van der Waals surface area contributed by atoms with Crippen molar-refractivity contribution in [3.63, 3.8) is 0 Å². The van der Waals surface area contributed by atoms with Gasteiger partial charge in [0.25, 0.3) is 11.8 Å². The molecule has 0 aliphatic carbocycles. The Bertz CT molecular complexity index is 3130. The fourth-order valence-electron chi connectivity index (χ4n) is 8.59. The predicted molar refractivity (Wildman–Crippen MR) is 230 cm³/mol. The van der Waals surface area contributed by atoms with Crippen LogP contribution < -0.4 is 4.90 Å². The number of hydrogen-bond acceptors (Lipinski definition) is 4. The zero-order chi connectivity index (χ0) is 39.3. The van der Waals surface area contributed by atoms with Gasteiger partial charge in [0.1, 0.15) is 0 Å². The van der Waals surface area contributed by atoms with Gasteiger partial charge in [-0.3, -0.25) is 9.59 Å². The van der Waals surface area contributed by atoms with E-state index in [1.54, 1.807) is 18.2 Å². The van der Waals surface area contributed by atoms with Crippen molar-refractivity contribution in [2.24, 2.45) is 0 Å². The Morgan fingerprint density at radius 2 is 0.810 bits per heavy atom. The number of carbonyl (C=O) groups is 2. The fraction of sp³-hybridized carbons (Fsp3) is 0. The first-order valence-electron chi connectivity index (χ1n) is 18.9. The standard InChI is InChI=1S/C52H30N4O2/c53-31-35-19-7-9-21-37(35)40-24-11-26-42-43-27-12-25-41(38-22-10-8-20-36(38)32-54)50(43)55(49(40)42)46-30-14-28-44-48(46)52(58)56(51(44)57)45-29-13-23-39(33-15-3-1-4-16-33)47(45)34-17-5-2-6-18-34/h1-30H. The van der Waals surface area contributed by atoms with Gasteiger partial charge in [0.05, 0.1) is 56.8 Å². The van der Waals surface area contributed by atoms with Gasteiger partial charge >= 0.3 is 0 Å². The number of amides is 2. The van der Waals surface area contributed by atoms with E-state index in [1.165, 1.54) is 4.90 Å². The number of imide groups is 1. The third-order valence-electron chi connectivity index (χ3n) is 11.0. The largest absolute Gasteiger partial charge is 0.307 e. The maximum atomic E-state index is 15.3. The fourth-order valence-corrected chi connectivity index (χ4v) is 8.59. The lowest BCUT2D eigenvalue weighted by atomic mass is 9.92. The molecule has 1 aliphatic heterocycles. The Balaban J connectivity index is 1.29. The van der Waals surface area contributed by atoms with Crippen molar-refractivity contribution in [1.82, 2.24) is 4.57 Å². The molecule has 0 fully saturated rings. The van der Waals surface area contributed by atoms with Crippen LogP contribution in [0.1, 0.15) is 31.8 Å². The molecule has 58 heavy (non-hydrogen) atoms. The summed E-state index contributed by atoms with van der Waals surface area (Å²) in [6.45, 7) is 0. The van der Waals surface area contributed by atoms with Crippen LogP contribution in [0.4, 0.5) is 5.69 Å². The lowest BCUT2D eigenvalue weighted by molar-refractivity contribution is 0.0926. The first-order valence-corrected chi connectivity index (χ1v) is 18.9. The third-order valence-corrected chi connectivity index (χ3v) is 11.0. The van der Waals surface area contributed by atoms with Crippen LogP contribution in [0.15, 0.2) is 182 Å². The molecule has 0 saturated carbocycles. The minimum Gasteiger partial charge on any atom is -0.307 e. The van der Waals surface area contributed by atoms with Crippen LogP contribution in [0, 0.1) is 22.7 Å². The molecule has 0 spiro atoms. The van der Waals surface area contributed by atoms with Crippen molar-refractivity contribution in [3.8, 4) is 62.3 Å². The number of nitriles is 2. The molecule has 0 unspecified atom stereocenters. The second kappa shape index (κ2) is 13.8. The molecule has 8 aromatic carbocycles. The molecule has 9 aromatic rings. The van der Waals surface area contributed by atoms with Crippen molar-refractivity contribution >= 4 is 39.3 Å². The topological polar surface area (TPSA) is 89.9 Å². The zero-order valence-electron chi connectivity index (χ0n) is 30.9. The first kappa shape index (κ1) is 34.2. The van der Waals surface area contributed by atoms with Gasteiger partial charge in [-0.1, -0.05) is 152 Å². The summed E-state index contributed by atoms with van der Waals surface area (Å²) in [4.78, 5) is 31.5. The van der Waals surface area contributed by atoms with E-state index < -0.39 is 11.8 Å². The van der Waals surface area contributed by atoms with Crippen molar-refractivity contribution in [2.45, 2.75) is 0 Å². The maximum Gasteiger partial charge on any atom is 0.268 e. The van der Waals surface area contributed by atoms with Gasteiger partial charge in [-0.15, -0.1) is 0 Å². The van der Waals surface area contributed by atoms with Gasteiger partial charge in [-0.2, -0.15) is 10.5 Å². The van der Waals surface area contributed by atoms with Gasteiger partial charge in [-0.05, 0) is 47.0 Å². The van der Waals surface area contributed by atoms with E-state index in [4.69, 9.17) is 0 Å². The Morgan fingerprint density at radius 1 is 0.362 bits per heavy atom. The summed E-state index contributed by atoms with van der Waals surface area (Å²) in [5, 5.41) is 22.3. The van der Waals surface area contributed by atoms with Gasteiger partial charge in [0.15, 0.2) is 0 Å². The van der Waals surface area contributed by atoms with Gasteiger partial charge < -0.3 is 4.57 Å². The highest BCUT2D eigenvalue weighted by molar-refractivity contribution is 6.37. The average molecular weight is 743 g/mol. The van der Waals surface area contributed by atoms with E-state index in [9.17, 15) is 15.3 Å². The quantitative estimate of drug-likeness (QED) is 0.159. The van der Waals surface area contributed by atoms with E-state index in [2.05, 4.69) is 16.7 Å². The minimum atomic E-state index is -0.446. The van der Waals surface area contributed by atoms with Gasteiger partial charge in [0, 0.05) is 38.6 Å². The molecule has 2 amide bonds. The summed E-state index contributed by atoms with van der Waals surface area (Å²) in [5.74, 6) is -0.868. The molecule has 270 valence electrons. The SMILES string of the molecule is N#Cc1ccccc1-c1cccc2c3cccc(-c4ccccc4C#N)c3n(-c3cccc4c3C(=O)N(c3cccc(-c5ccccc5)c3-c3ccccc3)C4=O)c12. The van der Waals surface area contributed by atoms with Crippen molar-refractivity contribution in [2.75, 3.05) is 4.90 Å². The molecule has 2 heterocycles. The number of rotatable bonds is 6. The van der Waals surface area contributed by atoms with Crippen LogP contribution in [0.3, 0.4) is 0 Å². The third kappa shape index (κ3) is 5.18. The summed E-state index contributed by atoms with van der Waals surface area (Å²) in [7, 11) is 0. The van der Waals surface area contributed by atoms with Crippen molar-refractivity contribution < 1.29 is 9.59 Å². The Kier molecular flexibility index (Phi) is 8.11. The summed E-state index contributed by atoms with van der Waals surface area (Å²) in [6, 6.07) is 62.6. The minimum absolute atomic E-state index is 0.266. The predicted octanol–water partition coefficient (Wildman–Crippen LogP) is 12.0. The normalized spacial score (nSPS) is 12.1. The van der Waals surface area contributed by atoms with Crippen LogP contribution in [0.2, 0.25) is 0 Å². The second-order valence-electron chi connectivity index (χ2n) is 14.1. The lowest BCUT2D eigenvalue weighted by Crippen LogP contribution is -2.30. The van der Waals surface area contributed by atoms with E-state index in [-0.39, 0.29) is 11.1 Å². The summed E-state index contributed by atoms with van der Waals surface area (Å²) >= 11 is 0. The average Bonchev–Trinajstić information content (AvgIpc) is 3.77. The molecule has 6 nitrogen and oxygen atoms in total. The number of para-hydroxylation sites is 2. The number of carbonyl (C=O) groups excluding carboxylic acids is 2. The molecule has 0 N–H and O–H groups in total. The number of benzene rings is 8. The van der Waals surface area contributed by atoms with Crippen LogP contribution in [0.5, 0.6) is 0 Å². The van der Waals surface area contributed by atoms with Crippen LogP contribution >= 0.6 is 0 Å². The van der Waals surface area contributed by atoms with Crippen molar-refractivity contribution in [3.05, 3.63) is 204 Å². The first-order chi connectivity index (χ1) is 28.6. The Morgan fingerprint density at radius 3 is 1.38 bits per heavy atom. The van der Waals surface area contributed by atoms with Gasteiger partial charge in [-0.25, -0.2) is 4.90 Å². The zero-order valence-corrected chi connectivity index (χ0v) is 30.9. The smallest absolute Gasteiger partial charge is 0.268 e. The maximum absolute atomic E-state index is 15.3. The molecule has 1 aromatic heterocycles. The molecule has 6 heteroatoms. The lowest BCUT2D eigenvalue weighted by Gasteiger charge is -2.22. The number of fused-ring (bicyclic) bond motifs is 4. The number of aromatic nitrogens is 1. The van der Waals surface area contributed by atoms with Crippen LogP contribution in [0.25, 0.3) is 72.0 Å². The molecule has 1 aliphatic rings. The number of hydrogen-bond donors (Lipinski definition) is 0. The molecule has 0 saturated heterocycles. The van der Waals surface area contributed by atoms with Crippen LogP contribution in [-0.2, 0) is 0 Å². The highest BCUT2D eigenvalue weighted by atomic mass is 16.2. The Labute approximate surface area is 334 Å². The van der Waals surface area contributed by atoms with E-state index in [1.807, 2.05) is 164 Å². The molecular weight excluding hydrogens is 713 g/mol. The van der Waals surface area contributed by atoms with E-state index >= 15 is 4.79 Å². The summed E-state index contributed by atoms with van der Waals surface area (Å²) in [5.41, 5.74) is 10.6. The molecule has 10 rings (SSSR count). The molecule has 0 radical (unpaired) electrons. The molecule has 0 bridgehead atoms.